The van der Waals surface area contributed by atoms with Crippen molar-refractivity contribution in [3.8, 4) is 0 Å². The van der Waals surface area contributed by atoms with E-state index in [1.54, 1.807) is 0 Å². The summed E-state index contributed by atoms with van der Waals surface area (Å²) in [5.41, 5.74) is 1.62. The summed E-state index contributed by atoms with van der Waals surface area (Å²) in [7, 11) is 0. The molecule has 2 nitrogen and oxygen atoms in total. The summed E-state index contributed by atoms with van der Waals surface area (Å²) in [6, 6.07) is 8.09. The lowest BCUT2D eigenvalue weighted by molar-refractivity contribution is -0.122. The molecule has 0 saturated carbocycles. The van der Waals surface area contributed by atoms with Crippen LogP contribution < -0.4 is 5.32 Å². The molecule has 106 valence electrons. The second-order valence-electron chi connectivity index (χ2n) is 5.63. The second-order valence-corrected chi connectivity index (χ2v) is 5.89. The van der Waals surface area contributed by atoms with E-state index in [0.717, 1.165) is 12.1 Å². The number of hydrogen-bond acceptors (Lipinski definition) is 1. The SMILES string of the molecule is CCCCCc1ccc(NC(=O)C(C)(C)CCl)cc1. The van der Waals surface area contributed by atoms with Crippen molar-refractivity contribution in [2.24, 2.45) is 5.41 Å². The van der Waals surface area contributed by atoms with E-state index in [0.29, 0.717) is 5.88 Å². The summed E-state index contributed by atoms with van der Waals surface area (Å²) >= 11 is 5.79. The fourth-order valence-corrected chi connectivity index (χ4v) is 1.82. The first-order valence-corrected chi connectivity index (χ1v) is 7.49. The van der Waals surface area contributed by atoms with E-state index in [9.17, 15) is 4.79 Å². The number of aryl methyl sites for hydroxylation is 1. The molecule has 0 heterocycles. The van der Waals surface area contributed by atoms with E-state index in [-0.39, 0.29) is 5.91 Å². The van der Waals surface area contributed by atoms with Crippen molar-refractivity contribution in [3.63, 3.8) is 0 Å². The number of alkyl halides is 1. The fourth-order valence-electron chi connectivity index (χ4n) is 1.69. The summed E-state index contributed by atoms with van der Waals surface area (Å²) in [4.78, 5) is 12.0. The first kappa shape index (κ1) is 16.0. The van der Waals surface area contributed by atoms with Crippen molar-refractivity contribution in [1.29, 1.82) is 0 Å². The van der Waals surface area contributed by atoms with Gasteiger partial charge in [0.2, 0.25) is 5.91 Å². The minimum Gasteiger partial charge on any atom is -0.326 e. The van der Waals surface area contributed by atoms with Crippen molar-refractivity contribution >= 4 is 23.2 Å². The molecule has 0 aliphatic heterocycles. The number of benzene rings is 1. The van der Waals surface area contributed by atoms with Gasteiger partial charge < -0.3 is 5.32 Å². The molecule has 0 atom stereocenters. The normalized spacial score (nSPS) is 11.4. The standard InChI is InChI=1S/C16H24ClNO/c1-4-5-6-7-13-8-10-14(11-9-13)18-15(19)16(2,3)12-17/h8-11H,4-7,12H2,1-3H3,(H,18,19). The number of rotatable bonds is 7. The summed E-state index contributed by atoms with van der Waals surface area (Å²) in [6.07, 6.45) is 4.83. The van der Waals surface area contributed by atoms with Gasteiger partial charge in [0.25, 0.3) is 0 Å². The zero-order valence-corrected chi connectivity index (χ0v) is 12.9. The second kappa shape index (κ2) is 7.54. The first-order chi connectivity index (χ1) is 8.99. The highest BCUT2D eigenvalue weighted by atomic mass is 35.5. The molecular weight excluding hydrogens is 258 g/mol. The molecule has 19 heavy (non-hydrogen) atoms. The quantitative estimate of drug-likeness (QED) is 0.573. The average Bonchev–Trinajstić information content (AvgIpc) is 2.41. The van der Waals surface area contributed by atoms with Crippen LogP contribution in [0.4, 0.5) is 5.69 Å². The van der Waals surface area contributed by atoms with Crippen LogP contribution in [0, 0.1) is 5.41 Å². The molecule has 0 bridgehead atoms. The van der Waals surface area contributed by atoms with Crippen LogP contribution in [-0.2, 0) is 11.2 Å². The molecule has 1 aromatic rings. The van der Waals surface area contributed by atoms with E-state index in [1.165, 1.54) is 24.8 Å². The zero-order chi connectivity index (χ0) is 14.3. The number of carbonyl (C=O) groups excluding carboxylic acids is 1. The van der Waals surface area contributed by atoms with Crippen molar-refractivity contribution in [2.45, 2.75) is 46.5 Å². The Balaban J connectivity index is 2.55. The Hall–Kier alpha value is -1.02. The number of nitrogens with one attached hydrogen (secondary N) is 1. The molecule has 1 N–H and O–H groups in total. The molecule has 0 unspecified atom stereocenters. The average molecular weight is 282 g/mol. The molecule has 0 radical (unpaired) electrons. The highest BCUT2D eigenvalue weighted by Crippen LogP contribution is 2.20. The van der Waals surface area contributed by atoms with Crippen molar-refractivity contribution in [1.82, 2.24) is 0 Å². The molecule has 1 rings (SSSR count). The number of amides is 1. The highest BCUT2D eigenvalue weighted by molar-refractivity contribution is 6.20. The largest absolute Gasteiger partial charge is 0.326 e. The minimum atomic E-state index is -0.540. The Morgan fingerprint density at radius 2 is 1.84 bits per heavy atom. The molecule has 1 aromatic carbocycles. The van der Waals surface area contributed by atoms with Gasteiger partial charge in [0.1, 0.15) is 0 Å². The number of anilines is 1. The van der Waals surface area contributed by atoms with Crippen LogP contribution in [0.2, 0.25) is 0 Å². The highest BCUT2D eigenvalue weighted by Gasteiger charge is 2.26. The molecule has 0 aliphatic rings. The van der Waals surface area contributed by atoms with Gasteiger partial charge in [0, 0.05) is 11.6 Å². The third-order valence-corrected chi connectivity index (χ3v) is 3.90. The molecule has 1 amide bonds. The first-order valence-electron chi connectivity index (χ1n) is 6.96. The van der Waals surface area contributed by atoms with Gasteiger partial charge in [-0.05, 0) is 44.4 Å². The lowest BCUT2D eigenvalue weighted by Gasteiger charge is -2.20. The summed E-state index contributed by atoms with van der Waals surface area (Å²) in [6.45, 7) is 5.89. The van der Waals surface area contributed by atoms with Crippen LogP contribution in [0.15, 0.2) is 24.3 Å². The van der Waals surface area contributed by atoms with Crippen molar-refractivity contribution in [3.05, 3.63) is 29.8 Å². The topological polar surface area (TPSA) is 29.1 Å². The van der Waals surface area contributed by atoms with Gasteiger partial charge >= 0.3 is 0 Å². The maximum Gasteiger partial charge on any atom is 0.231 e. The number of carbonyl (C=O) groups is 1. The summed E-state index contributed by atoms with van der Waals surface area (Å²) < 4.78 is 0. The lowest BCUT2D eigenvalue weighted by atomic mass is 9.95. The Morgan fingerprint density at radius 3 is 2.37 bits per heavy atom. The predicted octanol–water partition coefficient (Wildman–Crippen LogP) is 4.62. The predicted molar refractivity (Wildman–Crippen MR) is 82.8 cm³/mol. The number of halogens is 1. The van der Waals surface area contributed by atoms with Crippen LogP contribution in [0.1, 0.15) is 45.6 Å². The maximum absolute atomic E-state index is 12.0. The van der Waals surface area contributed by atoms with E-state index < -0.39 is 5.41 Å². The fraction of sp³-hybridized carbons (Fsp3) is 0.562. The summed E-state index contributed by atoms with van der Waals surface area (Å²) in [5.74, 6) is 0.273. The van der Waals surface area contributed by atoms with E-state index in [1.807, 2.05) is 26.0 Å². The molecule has 0 aliphatic carbocycles. The van der Waals surface area contributed by atoms with Crippen LogP contribution >= 0.6 is 11.6 Å². The molecule has 0 spiro atoms. The molecule has 0 saturated heterocycles. The van der Waals surface area contributed by atoms with Gasteiger partial charge in [-0.1, -0.05) is 31.9 Å². The van der Waals surface area contributed by atoms with Crippen LogP contribution in [0.25, 0.3) is 0 Å². The smallest absolute Gasteiger partial charge is 0.231 e. The zero-order valence-electron chi connectivity index (χ0n) is 12.1. The third-order valence-electron chi connectivity index (χ3n) is 3.23. The molecule has 0 aromatic heterocycles. The Bertz CT molecular complexity index is 398. The van der Waals surface area contributed by atoms with Gasteiger partial charge in [0.15, 0.2) is 0 Å². The van der Waals surface area contributed by atoms with E-state index in [2.05, 4.69) is 24.4 Å². The van der Waals surface area contributed by atoms with Gasteiger partial charge in [-0.15, -0.1) is 11.6 Å². The number of hydrogen-bond donors (Lipinski definition) is 1. The van der Waals surface area contributed by atoms with Crippen molar-refractivity contribution in [2.75, 3.05) is 11.2 Å². The van der Waals surface area contributed by atoms with Crippen LogP contribution in [0.3, 0.4) is 0 Å². The van der Waals surface area contributed by atoms with E-state index >= 15 is 0 Å². The van der Waals surface area contributed by atoms with Gasteiger partial charge in [-0.25, -0.2) is 0 Å². The third kappa shape index (κ3) is 5.23. The monoisotopic (exact) mass is 281 g/mol. The Morgan fingerprint density at radius 1 is 1.21 bits per heavy atom. The summed E-state index contributed by atoms with van der Waals surface area (Å²) in [5, 5.41) is 2.90. The van der Waals surface area contributed by atoms with Crippen LogP contribution in [0.5, 0.6) is 0 Å². The molecule has 0 fully saturated rings. The minimum absolute atomic E-state index is 0.0405. The Kier molecular flexibility index (Phi) is 6.36. The van der Waals surface area contributed by atoms with Gasteiger partial charge in [0.05, 0.1) is 5.41 Å². The van der Waals surface area contributed by atoms with Crippen molar-refractivity contribution < 1.29 is 4.79 Å². The number of unbranched alkanes of at least 4 members (excludes halogenated alkanes) is 2. The lowest BCUT2D eigenvalue weighted by Crippen LogP contribution is -2.32. The molecule has 3 heteroatoms. The molecular formula is C16H24ClNO. The van der Waals surface area contributed by atoms with E-state index in [4.69, 9.17) is 11.6 Å². The van der Waals surface area contributed by atoms with Gasteiger partial charge in [-0.3, -0.25) is 4.79 Å². The maximum atomic E-state index is 12.0. The van der Waals surface area contributed by atoms with Gasteiger partial charge in [-0.2, -0.15) is 0 Å². The Labute approximate surface area is 121 Å². The van der Waals surface area contributed by atoms with Crippen LogP contribution in [-0.4, -0.2) is 11.8 Å².